The lowest BCUT2D eigenvalue weighted by Gasteiger charge is -2.09. The summed E-state index contributed by atoms with van der Waals surface area (Å²) in [5.74, 6) is 0. The molecule has 0 atom stereocenters. The molecule has 0 fully saturated rings. The van der Waals surface area contributed by atoms with E-state index in [0.717, 1.165) is 20.3 Å². The van der Waals surface area contributed by atoms with Crippen LogP contribution in [0, 0.1) is 0 Å². The molecule has 2 rings (SSSR count). The summed E-state index contributed by atoms with van der Waals surface area (Å²) < 4.78 is 1.62. The predicted octanol–water partition coefficient (Wildman–Crippen LogP) is 5.53. The van der Waals surface area contributed by atoms with E-state index in [9.17, 15) is 0 Å². The van der Waals surface area contributed by atoms with Gasteiger partial charge in [0.05, 0.1) is 15.7 Å². The molecular formula is C12H8Br2Cl2N2. The lowest BCUT2D eigenvalue weighted by molar-refractivity contribution is 1.12. The molecule has 94 valence electrons. The summed E-state index contributed by atoms with van der Waals surface area (Å²) in [6.07, 6.45) is 1.59. The molecule has 0 aliphatic carbocycles. The van der Waals surface area contributed by atoms with Crippen molar-refractivity contribution in [1.29, 1.82) is 0 Å². The highest BCUT2D eigenvalue weighted by Crippen LogP contribution is 2.26. The van der Waals surface area contributed by atoms with E-state index in [1.54, 1.807) is 6.20 Å². The van der Waals surface area contributed by atoms with Gasteiger partial charge in [0.25, 0.3) is 0 Å². The number of anilines is 1. The molecule has 0 radical (unpaired) electrons. The van der Waals surface area contributed by atoms with Crippen LogP contribution in [0.4, 0.5) is 5.69 Å². The summed E-state index contributed by atoms with van der Waals surface area (Å²) in [5, 5.41) is 4.55. The molecule has 1 N–H and O–H groups in total. The molecule has 0 bridgehead atoms. The van der Waals surface area contributed by atoms with E-state index >= 15 is 0 Å². The first-order valence-corrected chi connectivity index (χ1v) is 7.39. The molecule has 0 saturated carbocycles. The first-order valence-electron chi connectivity index (χ1n) is 5.05. The van der Waals surface area contributed by atoms with Crippen LogP contribution in [-0.4, -0.2) is 4.98 Å². The standard InChI is InChI=1S/C12H8Br2Cl2N2/c13-9-3-7(1-2-10(9)16)5-17-11-4-8(15)6-18-12(11)14/h1-4,6,17H,5H2. The average molecular weight is 411 g/mol. The highest BCUT2D eigenvalue weighted by atomic mass is 79.9. The zero-order valence-electron chi connectivity index (χ0n) is 9.05. The van der Waals surface area contributed by atoms with Crippen molar-refractivity contribution in [1.82, 2.24) is 4.98 Å². The molecule has 1 aromatic carbocycles. The average Bonchev–Trinajstić information content (AvgIpc) is 2.34. The molecular weight excluding hydrogens is 403 g/mol. The quantitative estimate of drug-likeness (QED) is 0.673. The number of rotatable bonds is 3. The van der Waals surface area contributed by atoms with Crippen LogP contribution < -0.4 is 5.32 Å². The molecule has 6 heteroatoms. The van der Waals surface area contributed by atoms with Gasteiger partial charge >= 0.3 is 0 Å². The van der Waals surface area contributed by atoms with Crippen LogP contribution in [0.15, 0.2) is 39.5 Å². The van der Waals surface area contributed by atoms with Crippen molar-refractivity contribution in [3.8, 4) is 0 Å². The second-order valence-electron chi connectivity index (χ2n) is 3.59. The maximum Gasteiger partial charge on any atom is 0.129 e. The Labute approximate surface area is 132 Å². The smallest absolute Gasteiger partial charge is 0.129 e. The Bertz CT molecular complexity index is 576. The highest BCUT2D eigenvalue weighted by molar-refractivity contribution is 9.10. The minimum Gasteiger partial charge on any atom is -0.379 e. The van der Waals surface area contributed by atoms with Crippen molar-refractivity contribution in [3.05, 3.63) is 55.1 Å². The van der Waals surface area contributed by atoms with Crippen LogP contribution in [0.3, 0.4) is 0 Å². The van der Waals surface area contributed by atoms with Gasteiger partial charge in [0.2, 0.25) is 0 Å². The maximum atomic E-state index is 5.94. The first kappa shape index (κ1) is 14.1. The van der Waals surface area contributed by atoms with Crippen LogP contribution >= 0.6 is 55.1 Å². The fourth-order valence-electron chi connectivity index (χ4n) is 1.39. The van der Waals surface area contributed by atoms with E-state index in [-0.39, 0.29) is 0 Å². The SMILES string of the molecule is Clc1cnc(Br)c(NCc2ccc(Cl)c(Br)c2)c1. The van der Waals surface area contributed by atoms with E-state index in [4.69, 9.17) is 23.2 Å². The Morgan fingerprint density at radius 3 is 2.67 bits per heavy atom. The topological polar surface area (TPSA) is 24.9 Å². The van der Waals surface area contributed by atoms with Crippen molar-refractivity contribution >= 4 is 60.7 Å². The largest absolute Gasteiger partial charge is 0.379 e. The van der Waals surface area contributed by atoms with E-state index in [1.807, 2.05) is 24.3 Å². The number of pyridine rings is 1. The summed E-state index contributed by atoms with van der Waals surface area (Å²) in [7, 11) is 0. The Balaban J connectivity index is 2.11. The van der Waals surface area contributed by atoms with Crippen molar-refractivity contribution in [2.24, 2.45) is 0 Å². The molecule has 0 spiro atoms. The van der Waals surface area contributed by atoms with Crippen molar-refractivity contribution in [3.63, 3.8) is 0 Å². The van der Waals surface area contributed by atoms with Gasteiger partial charge in [-0.15, -0.1) is 0 Å². The van der Waals surface area contributed by atoms with E-state index in [2.05, 4.69) is 42.2 Å². The summed E-state index contributed by atoms with van der Waals surface area (Å²) >= 11 is 18.6. The van der Waals surface area contributed by atoms with Gasteiger partial charge < -0.3 is 5.32 Å². The van der Waals surface area contributed by atoms with Crippen LogP contribution in [-0.2, 0) is 6.54 Å². The van der Waals surface area contributed by atoms with Gasteiger partial charge in [-0.3, -0.25) is 0 Å². The fourth-order valence-corrected chi connectivity index (χ4v) is 2.45. The minimum absolute atomic E-state index is 0.595. The third kappa shape index (κ3) is 3.60. The second-order valence-corrected chi connectivity index (χ2v) is 6.04. The van der Waals surface area contributed by atoms with E-state index in [1.165, 1.54) is 0 Å². The number of nitrogens with zero attached hydrogens (tertiary/aromatic N) is 1. The summed E-state index contributed by atoms with van der Waals surface area (Å²) in [6, 6.07) is 7.62. The summed E-state index contributed by atoms with van der Waals surface area (Å²) in [6.45, 7) is 0.663. The molecule has 0 amide bonds. The Morgan fingerprint density at radius 1 is 1.17 bits per heavy atom. The van der Waals surface area contributed by atoms with E-state index < -0.39 is 0 Å². The maximum absolute atomic E-state index is 5.94. The summed E-state index contributed by atoms with van der Waals surface area (Å²) in [4.78, 5) is 4.11. The number of aromatic nitrogens is 1. The van der Waals surface area contributed by atoms with Crippen LogP contribution in [0.1, 0.15) is 5.56 Å². The first-order chi connectivity index (χ1) is 8.56. The third-order valence-electron chi connectivity index (χ3n) is 2.27. The lowest BCUT2D eigenvalue weighted by atomic mass is 10.2. The van der Waals surface area contributed by atoms with Gasteiger partial charge in [-0.05, 0) is 55.6 Å². The Hall–Kier alpha value is -0.290. The number of nitrogens with one attached hydrogen (secondary N) is 1. The van der Waals surface area contributed by atoms with E-state index in [0.29, 0.717) is 16.6 Å². The third-order valence-corrected chi connectivity index (χ3v) is 4.33. The van der Waals surface area contributed by atoms with Gasteiger partial charge in [0, 0.05) is 17.2 Å². The zero-order chi connectivity index (χ0) is 13.1. The molecule has 18 heavy (non-hydrogen) atoms. The highest BCUT2D eigenvalue weighted by Gasteiger charge is 2.03. The Kier molecular flexibility index (Phi) is 4.90. The Morgan fingerprint density at radius 2 is 1.94 bits per heavy atom. The molecule has 0 aliphatic heterocycles. The van der Waals surface area contributed by atoms with Gasteiger partial charge in [0.15, 0.2) is 0 Å². The predicted molar refractivity (Wildman–Crippen MR) is 83.4 cm³/mol. The number of halogens is 4. The van der Waals surface area contributed by atoms with Crippen LogP contribution in [0.5, 0.6) is 0 Å². The number of benzene rings is 1. The molecule has 1 aromatic heterocycles. The lowest BCUT2D eigenvalue weighted by Crippen LogP contribution is -2.00. The van der Waals surface area contributed by atoms with Crippen molar-refractivity contribution in [2.75, 3.05) is 5.32 Å². The second kappa shape index (κ2) is 6.24. The fraction of sp³-hybridized carbons (Fsp3) is 0.0833. The zero-order valence-corrected chi connectivity index (χ0v) is 13.7. The van der Waals surface area contributed by atoms with Crippen LogP contribution in [0.25, 0.3) is 0 Å². The summed E-state index contributed by atoms with van der Waals surface area (Å²) in [5.41, 5.74) is 1.96. The molecule has 0 unspecified atom stereocenters. The van der Waals surface area contributed by atoms with Crippen LogP contribution in [0.2, 0.25) is 10.0 Å². The molecule has 2 nitrogen and oxygen atoms in total. The van der Waals surface area contributed by atoms with Gasteiger partial charge in [-0.25, -0.2) is 4.98 Å². The van der Waals surface area contributed by atoms with Gasteiger partial charge in [-0.2, -0.15) is 0 Å². The molecule has 1 heterocycles. The number of hydrogen-bond acceptors (Lipinski definition) is 2. The van der Waals surface area contributed by atoms with Crippen molar-refractivity contribution < 1.29 is 0 Å². The monoisotopic (exact) mass is 408 g/mol. The normalized spacial score (nSPS) is 10.4. The van der Waals surface area contributed by atoms with Gasteiger partial charge in [-0.1, -0.05) is 29.3 Å². The van der Waals surface area contributed by atoms with Gasteiger partial charge in [0.1, 0.15) is 4.60 Å². The molecule has 0 saturated heterocycles. The minimum atomic E-state index is 0.595. The number of hydrogen-bond donors (Lipinski definition) is 1. The van der Waals surface area contributed by atoms with Crippen molar-refractivity contribution in [2.45, 2.75) is 6.54 Å². The molecule has 2 aromatic rings. The molecule has 0 aliphatic rings.